The molecule has 0 fully saturated rings. The minimum absolute atomic E-state index is 1.32. The van der Waals surface area contributed by atoms with E-state index in [0.717, 1.165) is 0 Å². The van der Waals surface area contributed by atoms with Crippen molar-refractivity contribution in [3.63, 3.8) is 0 Å². The summed E-state index contributed by atoms with van der Waals surface area (Å²) < 4.78 is 0. The van der Waals surface area contributed by atoms with E-state index < -0.39 is 0 Å². The molecule has 0 atom stereocenters. The minimum atomic E-state index is 1.32. The molecule has 1 nitrogen and oxygen atoms in total. The summed E-state index contributed by atoms with van der Waals surface area (Å²) in [6.45, 7) is 6.08. The van der Waals surface area contributed by atoms with Crippen LogP contribution in [0, 0.1) is 6.92 Å². The second-order valence-corrected chi connectivity index (χ2v) is 2.32. The van der Waals surface area contributed by atoms with Gasteiger partial charge in [0.15, 0.2) is 0 Å². The van der Waals surface area contributed by atoms with Gasteiger partial charge in [-0.1, -0.05) is 48.0 Å². The van der Waals surface area contributed by atoms with Gasteiger partial charge in [-0.05, 0) is 27.8 Å². The van der Waals surface area contributed by atoms with Gasteiger partial charge in [0.05, 0.1) is 0 Å². The van der Waals surface area contributed by atoms with Crippen LogP contribution in [0.1, 0.15) is 19.4 Å². The van der Waals surface area contributed by atoms with Crippen LogP contribution < -0.4 is 5.73 Å². The molecule has 13 heavy (non-hydrogen) atoms. The molecule has 0 aliphatic rings. The maximum absolute atomic E-state index is 4.50. The maximum atomic E-state index is 4.50. The van der Waals surface area contributed by atoms with Crippen molar-refractivity contribution in [3.05, 3.63) is 48.0 Å². The van der Waals surface area contributed by atoms with Gasteiger partial charge >= 0.3 is 0 Å². The van der Waals surface area contributed by atoms with E-state index in [1.54, 1.807) is 0 Å². The average Bonchev–Trinajstić information content (AvgIpc) is 2.22. The Balaban J connectivity index is 0. The summed E-state index contributed by atoms with van der Waals surface area (Å²) in [5.41, 5.74) is 5.82. The highest BCUT2D eigenvalue weighted by Crippen LogP contribution is 1.92. The van der Waals surface area contributed by atoms with Crippen LogP contribution in [0.15, 0.2) is 42.5 Å². The number of nitrogens with two attached hydrogens (primary N) is 1. The topological polar surface area (TPSA) is 26.0 Å². The average molecular weight is 179 g/mol. The van der Waals surface area contributed by atoms with Crippen LogP contribution in [-0.4, -0.2) is 7.05 Å². The molecule has 0 spiro atoms. The summed E-state index contributed by atoms with van der Waals surface area (Å²) in [5.74, 6) is 0. The zero-order chi connectivity index (χ0) is 10.5. The minimum Gasteiger partial charge on any atom is -0.333 e. The molecule has 74 valence electrons. The van der Waals surface area contributed by atoms with Gasteiger partial charge in [0, 0.05) is 0 Å². The number of hydrogen-bond donors (Lipinski definition) is 1. The lowest BCUT2D eigenvalue weighted by molar-refractivity contribution is 1.48. The lowest BCUT2D eigenvalue weighted by atomic mass is 10.2. The molecule has 1 aromatic carbocycles. The van der Waals surface area contributed by atoms with Gasteiger partial charge in [0.25, 0.3) is 0 Å². The SMILES string of the molecule is C/C=C/C.CN.Cc1ccccc1. The first-order chi connectivity index (χ1) is 6.31. The molecule has 0 heterocycles. The van der Waals surface area contributed by atoms with Crippen LogP contribution in [0.4, 0.5) is 0 Å². The van der Waals surface area contributed by atoms with E-state index >= 15 is 0 Å². The number of benzene rings is 1. The highest BCUT2D eigenvalue weighted by atomic mass is 14.4. The van der Waals surface area contributed by atoms with Gasteiger partial charge in [-0.3, -0.25) is 0 Å². The molecule has 1 rings (SSSR count). The first kappa shape index (κ1) is 14.4. The molecule has 0 saturated carbocycles. The highest BCUT2D eigenvalue weighted by molar-refractivity contribution is 5.11. The van der Waals surface area contributed by atoms with Crippen LogP contribution in [0.3, 0.4) is 0 Å². The van der Waals surface area contributed by atoms with Gasteiger partial charge in [-0.2, -0.15) is 0 Å². The maximum Gasteiger partial charge on any atom is -0.0195 e. The number of aryl methyl sites for hydroxylation is 1. The lowest BCUT2D eigenvalue weighted by Crippen LogP contribution is -1.69. The van der Waals surface area contributed by atoms with Crippen molar-refractivity contribution in [2.24, 2.45) is 5.73 Å². The summed E-state index contributed by atoms with van der Waals surface area (Å²) in [6, 6.07) is 10.3. The van der Waals surface area contributed by atoms with E-state index in [0.29, 0.717) is 0 Å². The van der Waals surface area contributed by atoms with E-state index in [9.17, 15) is 0 Å². The Morgan fingerprint density at radius 1 is 0.923 bits per heavy atom. The van der Waals surface area contributed by atoms with Crippen LogP contribution in [0.2, 0.25) is 0 Å². The van der Waals surface area contributed by atoms with Crippen molar-refractivity contribution in [2.75, 3.05) is 7.05 Å². The van der Waals surface area contributed by atoms with E-state index in [1.165, 1.54) is 12.6 Å². The van der Waals surface area contributed by atoms with Crippen molar-refractivity contribution in [1.29, 1.82) is 0 Å². The third-order valence-corrected chi connectivity index (χ3v) is 1.27. The second-order valence-electron chi connectivity index (χ2n) is 2.32. The third-order valence-electron chi connectivity index (χ3n) is 1.27. The molecule has 0 saturated heterocycles. The van der Waals surface area contributed by atoms with E-state index in [1.807, 2.05) is 44.2 Å². The number of rotatable bonds is 0. The summed E-state index contributed by atoms with van der Waals surface area (Å²) in [6.07, 6.45) is 4.00. The third kappa shape index (κ3) is 13.9. The van der Waals surface area contributed by atoms with E-state index in [2.05, 4.69) is 24.8 Å². The number of hydrogen-bond acceptors (Lipinski definition) is 1. The smallest absolute Gasteiger partial charge is 0.0195 e. The summed E-state index contributed by atoms with van der Waals surface area (Å²) in [5, 5.41) is 0. The monoisotopic (exact) mass is 179 g/mol. The van der Waals surface area contributed by atoms with Crippen LogP contribution in [0.25, 0.3) is 0 Å². The molecule has 1 heteroatoms. The Kier molecular flexibility index (Phi) is 15.0. The Hall–Kier alpha value is -1.08. The fourth-order valence-electron chi connectivity index (χ4n) is 0.534. The largest absolute Gasteiger partial charge is 0.333 e. The first-order valence-corrected chi connectivity index (χ1v) is 4.48. The Morgan fingerprint density at radius 3 is 1.46 bits per heavy atom. The van der Waals surface area contributed by atoms with Gasteiger partial charge in [0.2, 0.25) is 0 Å². The molecule has 0 amide bonds. The van der Waals surface area contributed by atoms with Gasteiger partial charge in [0.1, 0.15) is 0 Å². The fraction of sp³-hybridized carbons (Fsp3) is 0.333. The van der Waals surface area contributed by atoms with E-state index in [4.69, 9.17) is 0 Å². The number of allylic oxidation sites excluding steroid dienone is 2. The molecule has 0 aromatic heterocycles. The van der Waals surface area contributed by atoms with Gasteiger partial charge < -0.3 is 5.73 Å². The molecular weight excluding hydrogens is 158 g/mol. The molecule has 0 radical (unpaired) electrons. The summed E-state index contributed by atoms with van der Waals surface area (Å²) in [4.78, 5) is 0. The Bertz CT molecular complexity index is 186. The molecular formula is C12H21N. The molecule has 1 aromatic rings. The standard InChI is InChI=1S/C7H8.C4H8.CH5N/c1-7-5-3-2-4-6-7;1-3-4-2;1-2/h2-6H,1H3;3-4H,1-2H3;2H2,1H3/b;4-3+;. The van der Waals surface area contributed by atoms with Crippen LogP contribution in [-0.2, 0) is 0 Å². The van der Waals surface area contributed by atoms with Crippen LogP contribution in [0.5, 0.6) is 0 Å². The normalized spacial score (nSPS) is 8.08. The first-order valence-electron chi connectivity index (χ1n) is 4.48. The van der Waals surface area contributed by atoms with Crippen molar-refractivity contribution < 1.29 is 0 Å². The molecule has 0 unspecified atom stereocenters. The van der Waals surface area contributed by atoms with Gasteiger partial charge in [-0.25, -0.2) is 0 Å². The fourth-order valence-corrected chi connectivity index (χ4v) is 0.534. The van der Waals surface area contributed by atoms with Gasteiger partial charge in [-0.15, -0.1) is 0 Å². The van der Waals surface area contributed by atoms with E-state index in [-0.39, 0.29) is 0 Å². The molecule has 0 bridgehead atoms. The van der Waals surface area contributed by atoms with Crippen molar-refractivity contribution in [3.8, 4) is 0 Å². The Morgan fingerprint density at radius 2 is 1.31 bits per heavy atom. The summed E-state index contributed by atoms with van der Waals surface area (Å²) in [7, 11) is 1.50. The predicted octanol–water partition coefficient (Wildman–Crippen LogP) is 3.15. The lowest BCUT2D eigenvalue weighted by Gasteiger charge is -1.82. The van der Waals surface area contributed by atoms with Crippen molar-refractivity contribution in [1.82, 2.24) is 0 Å². The van der Waals surface area contributed by atoms with Crippen molar-refractivity contribution >= 4 is 0 Å². The second kappa shape index (κ2) is 13.5. The zero-order valence-corrected chi connectivity index (χ0v) is 9.12. The molecule has 0 aliphatic carbocycles. The highest BCUT2D eigenvalue weighted by Gasteiger charge is 1.72. The van der Waals surface area contributed by atoms with Crippen molar-refractivity contribution in [2.45, 2.75) is 20.8 Å². The van der Waals surface area contributed by atoms with Crippen LogP contribution >= 0.6 is 0 Å². The molecule has 2 N–H and O–H groups in total. The molecule has 0 aliphatic heterocycles. The quantitative estimate of drug-likeness (QED) is 0.608. The zero-order valence-electron chi connectivity index (χ0n) is 9.12. The predicted molar refractivity (Wildman–Crippen MR) is 61.8 cm³/mol. The Labute approximate surface area is 82.3 Å². The summed E-state index contributed by atoms with van der Waals surface area (Å²) >= 11 is 0.